The van der Waals surface area contributed by atoms with Gasteiger partial charge in [-0.15, -0.1) is 0 Å². The van der Waals surface area contributed by atoms with E-state index in [0.29, 0.717) is 22.4 Å². The van der Waals surface area contributed by atoms with E-state index in [1.807, 2.05) is 0 Å². The average Bonchev–Trinajstić information content (AvgIpc) is 3.22. The summed E-state index contributed by atoms with van der Waals surface area (Å²) in [4.78, 5) is 23.1. The Hall–Kier alpha value is -4.48. The van der Waals surface area contributed by atoms with Gasteiger partial charge in [-0.25, -0.2) is 9.49 Å². The van der Waals surface area contributed by atoms with Crippen molar-refractivity contribution >= 4 is 17.3 Å². The topological polar surface area (TPSA) is 145 Å². The van der Waals surface area contributed by atoms with Crippen LogP contribution >= 0.6 is 0 Å². The third-order valence-electron chi connectivity index (χ3n) is 4.81. The minimum Gasteiger partial charge on any atom is -0.318 e. The number of aromatic amines is 1. The zero-order valence-corrected chi connectivity index (χ0v) is 15.0. The first-order valence-corrected chi connectivity index (χ1v) is 8.70. The molecule has 2 N–H and O–H groups in total. The van der Waals surface area contributed by atoms with E-state index in [1.54, 1.807) is 12.1 Å². The van der Waals surface area contributed by atoms with Gasteiger partial charge in [-0.05, 0) is 52.4 Å². The number of benzene rings is 2. The van der Waals surface area contributed by atoms with Crippen molar-refractivity contribution in [3.05, 3.63) is 85.9 Å². The van der Waals surface area contributed by atoms with Gasteiger partial charge in [0.25, 0.3) is 11.2 Å². The zero-order valence-electron chi connectivity index (χ0n) is 15.0. The van der Waals surface area contributed by atoms with Crippen LogP contribution in [0.25, 0.3) is 11.3 Å². The van der Waals surface area contributed by atoms with E-state index < -0.39 is 22.3 Å². The lowest BCUT2D eigenvalue weighted by atomic mass is 9.92. The Bertz CT molecular complexity index is 1330. The Morgan fingerprint density at radius 3 is 2.53 bits per heavy atom. The highest BCUT2D eigenvalue weighted by Gasteiger charge is 2.34. The van der Waals surface area contributed by atoms with Gasteiger partial charge in [-0.2, -0.15) is 9.78 Å². The fourth-order valence-electron chi connectivity index (χ4n) is 3.45. The summed E-state index contributed by atoms with van der Waals surface area (Å²) in [6.45, 7) is 0. The molecular weight excluding hydrogens is 395 g/mol. The number of H-pyrrole nitrogens is 1. The van der Waals surface area contributed by atoms with Crippen molar-refractivity contribution in [3.63, 3.8) is 0 Å². The van der Waals surface area contributed by atoms with Crippen LogP contribution in [0, 0.1) is 15.9 Å². The highest BCUT2D eigenvalue weighted by atomic mass is 19.1. The minimum atomic E-state index is -0.693. The molecule has 4 aromatic rings. The normalized spacial score (nSPS) is 14.5. The number of tetrazole rings is 1. The number of halogens is 1. The number of hydrogen-bond donors (Lipinski definition) is 2. The standard InChI is InChI=1S/C18H11FN8O3/c19-11-5-1-9(2-6-11)14-13-15(17(28)22-21-14)20-18-23-24-25-26(18)16(13)10-3-7-12(8-4-10)27(29)30/h1-8,16H,(H,22,28)(H,20,23,25)/t16-/m1/s1. The number of anilines is 2. The van der Waals surface area contributed by atoms with Gasteiger partial charge in [0.2, 0.25) is 5.95 Å². The summed E-state index contributed by atoms with van der Waals surface area (Å²) in [6, 6.07) is 10.8. The molecule has 0 radical (unpaired) electrons. The smallest absolute Gasteiger partial charge is 0.288 e. The first-order valence-electron chi connectivity index (χ1n) is 8.70. The molecule has 2 aromatic carbocycles. The number of aromatic nitrogens is 6. The van der Waals surface area contributed by atoms with Crippen LogP contribution in [-0.4, -0.2) is 35.3 Å². The van der Waals surface area contributed by atoms with Gasteiger partial charge < -0.3 is 5.32 Å². The monoisotopic (exact) mass is 406 g/mol. The molecule has 0 unspecified atom stereocenters. The van der Waals surface area contributed by atoms with Crippen molar-refractivity contribution in [1.82, 2.24) is 30.4 Å². The zero-order chi connectivity index (χ0) is 20.8. The average molecular weight is 406 g/mol. The predicted octanol–water partition coefficient (Wildman–Crippen LogP) is 2.17. The molecule has 11 nitrogen and oxygen atoms in total. The van der Waals surface area contributed by atoms with Crippen LogP contribution < -0.4 is 10.9 Å². The summed E-state index contributed by atoms with van der Waals surface area (Å²) in [5, 5.41) is 32.1. The fraction of sp³-hybridized carbons (Fsp3) is 0.0556. The molecule has 1 aliphatic rings. The van der Waals surface area contributed by atoms with E-state index in [0.717, 1.165) is 0 Å². The predicted molar refractivity (Wildman–Crippen MR) is 102 cm³/mol. The molecule has 1 aliphatic heterocycles. The van der Waals surface area contributed by atoms with Gasteiger partial charge in [0.05, 0.1) is 10.6 Å². The molecule has 30 heavy (non-hydrogen) atoms. The van der Waals surface area contributed by atoms with Crippen molar-refractivity contribution in [2.75, 3.05) is 5.32 Å². The number of hydrogen-bond acceptors (Lipinski definition) is 8. The van der Waals surface area contributed by atoms with Crippen LogP contribution in [0.15, 0.2) is 53.3 Å². The summed E-state index contributed by atoms with van der Waals surface area (Å²) in [7, 11) is 0. The van der Waals surface area contributed by atoms with Crippen LogP contribution in [0.4, 0.5) is 21.7 Å². The van der Waals surface area contributed by atoms with Crippen molar-refractivity contribution in [2.45, 2.75) is 6.04 Å². The lowest BCUT2D eigenvalue weighted by molar-refractivity contribution is -0.384. The van der Waals surface area contributed by atoms with Gasteiger partial charge in [0.1, 0.15) is 17.5 Å². The van der Waals surface area contributed by atoms with Crippen LogP contribution in [-0.2, 0) is 0 Å². The molecule has 0 spiro atoms. The SMILES string of the molecule is O=c1[nH]nc(-c2ccc(F)cc2)c2c1Nc1nnnn1[C@@H]2c1ccc([N+](=O)[O-])cc1. The van der Waals surface area contributed by atoms with Gasteiger partial charge in [0, 0.05) is 23.3 Å². The molecule has 0 fully saturated rings. The number of non-ortho nitro benzene ring substituents is 1. The third-order valence-corrected chi connectivity index (χ3v) is 4.81. The lowest BCUT2D eigenvalue weighted by Gasteiger charge is -2.27. The quantitative estimate of drug-likeness (QED) is 0.343. The molecule has 5 rings (SSSR count). The van der Waals surface area contributed by atoms with Crippen molar-refractivity contribution < 1.29 is 9.31 Å². The number of nitrogens with one attached hydrogen (secondary N) is 2. The summed E-state index contributed by atoms with van der Waals surface area (Å²) in [6.07, 6.45) is 0. The van der Waals surface area contributed by atoms with E-state index in [1.165, 1.54) is 41.1 Å². The van der Waals surface area contributed by atoms with E-state index >= 15 is 0 Å². The van der Waals surface area contributed by atoms with Gasteiger partial charge in [-0.1, -0.05) is 5.10 Å². The molecule has 0 bridgehead atoms. The van der Waals surface area contributed by atoms with Crippen molar-refractivity contribution in [2.24, 2.45) is 0 Å². The second kappa shape index (κ2) is 6.55. The summed E-state index contributed by atoms with van der Waals surface area (Å²) in [5.74, 6) is -0.183. The Morgan fingerprint density at radius 1 is 1.10 bits per heavy atom. The van der Waals surface area contributed by atoms with Crippen molar-refractivity contribution in [1.29, 1.82) is 0 Å². The molecule has 1 atom stereocenters. The van der Waals surface area contributed by atoms with Gasteiger partial charge >= 0.3 is 0 Å². The Balaban J connectivity index is 1.77. The van der Waals surface area contributed by atoms with E-state index in [9.17, 15) is 19.3 Å². The summed E-state index contributed by atoms with van der Waals surface area (Å²) < 4.78 is 14.9. The first kappa shape index (κ1) is 17.6. The van der Waals surface area contributed by atoms with E-state index in [4.69, 9.17) is 0 Å². The molecule has 0 amide bonds. The molecular formula is C18H11FN8O3. The Morgan fingerprint density at radius 2 is 1.83 bits per heavy atom. The van der Waals surface area contributed by atoms with Crippen LogP contribution in [0.2, 0.25) is 0 Å². The maximum atomic E-state index is 13.4. The molecule has 0 saturated carbocycles. The number of nitro benzene ring substituents is 1. The van der Waals surface area contributed by atoms with Crippen molar-refractivity contribution in [3.8, 4) is 11.3 Å². The largest absolute Gasteiger partial charge is 0.318 e. The molecule has 148 valence electrons. The maximum Gasteiger partial charge on any atom is 0.288 e. The van der Waals surface area contributed by atoms with Crippen LogP contribution in [0.5, 0.6) is 0 Å². The van der Waals surface area contributed by atoms with E-state index in [2.05, 4.69) is 31.0 Å². The Kier molecular flexibility index (Phi) is 3.84. The van der Waals surface area contributed by atoms with Gasteiger partial charge in [0.15, 0.2) is 0 Å². The fourth-order valence-corrected chi connectivity index (χ4v) is 3.45. The Labute approximate surface area is 166 Å². The highest BCUT2D eigenvalue weighted by Crippen LogP contribution is 2.41. The highest BCUT2D eigenvalue weighted by molar-refractivity contribution is 5.75. The first-order chi connectivity index (χ1) is 14.5. The second-order valence-corrected chi connectivity index (χ2v) is 6.52. The third kappa shape index (κ3) is 2.70. The molecule has 2 aromatic heterocycles. The lowest BCUT2D eigenvalue weighted by Crippen LogP contribution is -2.29. The summed E-state index contributed by atoms with van der Waals surface area (Å²) >= 11 is 0. The molecule has 0 saturated heterocycles. The molecule has 0 aliphatic carbocycles. The number of fused-ring (bicyclic) bond motifs is 2. The minimum absolute atomic E-state index is 0.0763. The van der Waals surface area contributed by atoms with Crippen LogP contribution in [0.1, 0.15) is 17.2 Å². The van der Waals surface area contributed by atoms with Crippen LogP contribution in [0.3, 0.4) is 0 Å². The summed E-state index contributed by atoms with van der Waals surface area (Å²) in [5.41, 5.74) is 1.64. The number of nitrogens with zero attached hydrogens (tertiary/aromatic N) is 6. The van der Waals surface area contributed by atoms with Gasteiger partial charge in [-0.3, -0.25) is 14.9 Å². The molecule has 3 heterocycles. The number of nitro groups is 1. The maximum absolute atomic E-state index is 13.4. The number of rotatable bonds is 3. The second-order valence-electron chi connectivity index (χ2n) is 6.52. The molecule has 12 heteroatoms. The van der Waals surface area contributed by atoms with E-state index in [-0.39, 0.29) is 17.3 Å².